The molecule has 0 saturated heterocycles. The van der Waals surface area contributed by atoms with Gasteiger partial charge in [0.05, 0.1) is 7.11 Å². The van der Waals surface area contributed by atoms with E-state index in [9.17, 15) is 9.59 Å². The van der Waals surface area contributed by atoms with Crippen LogP contribution in [0.2, 0.25) is 0 Å². The van der Waals surface area contributed by atoms with Crippen LogP contribution >= 0.6 is 0 Å². The molecule has 0 aliphatic carbocycles. The Morgan fingerprint density at radius 1 is 1.08 bits per heavy atom. The summed E-state index contributed by atoms with van der Waals surface area (Å²) in [5.74, 6) is -1.04. The fourth-order valence-electron chi connectivity index (χ4n) is 2.80. The van der Waals surface area contributed by atoms with Gasteiger partial charge in [-0.25, -0.2) is 4.79 Å². The Labute approximate surface area is 151 Å². The molecule has 134 valence electrons. The van der Waals surface area contributed by atoms with Gasteiger partial charge in [-0.2, -0.15) is 0 Å². The number of esters is 1. The van der Waals surface area contributed by atoms with Crippen molar-refractivity contribution < 1.29 is 19.1 Å². The molecule has 0 saturated carbocycles. The second-order valence-corrected chi connectivity index (χ2v) is 5.81. The molecule has 0 radical (unpaired) electrons. The molecule has 1 atom stereocenters. The van der Waals surface area contributed by atoms with Crippen LogP contribution in [0.3, 0.4) is 0 Å². The number of aromatic amines is 1. The van der Waals surface area contributed by atoms with E-state index in [0.29, 0.717) is 0 Å². The second-order valence-electron chi connectivity index (χ2n) is 5.81. The zero-order chi connectivity index (χ0) is 18.4. The summed E-state index contributed by atoms with van der Waals surface area (Å²) in [5.41, 5.74) is 2.59. The third kappa shape index (κ3) is 4.03. The molecule has 3 aromatic rings. The zero-order valence-corrected chi connectivity index (χ0v) is 14.4. The van der Waals surface area contributed by atoms with Crippen molar-refractivity contribution in [1.29, 1.82) is 0 Å². The molecular weight excluding hydrogens is 332 g/mol. The van der Waals surface area contributed by atoms with Gasteiger partial charge in [0.25, 0.3) is 0 Å². The summed E-state index contributed by atoms with van der Waals surface area (Å²) < 4.78 is 10.1. The number of hydrogen-bond acceptors (Lipinski definition) is 4. The van der Waals surface area contributed by atoms with Crippen molar-refractivity contribution in [3.8, 4) is 0 Å². The van der Waals surface area contributed by atoms with Gasteiger partial charge in [0.15, 0.2) is 0 Å². The highest BCUT2D eigenvalue weighted by Gasteiger charge is 2.25. The minimum absolute atomic E-state index is 0.0855. The van der Waals surface area contributed by atoms with Gasteiger partial charge in [-0.3, -0.25) is 4.79 Å². The van der Waals surface area contributed by atoms with E-state index in [-0.39, 0.29) is 13.2 Å². The highest BCUT2D eigenvalue weighted by molar-refractivity contribution is 5.90. The van der Waals surface area contributed by atoms with Crippen molar-refractivity contribution in [2.24, 2.45) is 0 Å². The minimum atomic E-state index is -0.625. The minimum Gasteiger partial charge on any atom is -0.468 e. The Bertz CT molecular complexity index is 889. The summed E-state index contributed by atoms with van der Waals surface area (Å²) in [6, 6.07) is 17.0. The van der Waals surface area contributed by atoms with E-state index in [4.69, 9.17) is 9.47 Å². The summed E-state index contributed by atoms with van der Waals surface area (Å²) in [5, 5.41) is 3.56. The predicted molar refractivity (Wildman–Crippen MR) is 97.7 cm³/mol. The average molecular weight is 352 g/mol. The molecule has 6 nitrogen and oxygen atoms in total. The Hall–Kier alpha value is -3.28. The summed E-state index contributed by atoms with van der Waals surface area (Å²) in [6.07, 6.45) is 1.19. The van der Waals surface area contributed by atoms with E-state index in [1.165, 1.54) is 7.11 Å². The molecule has 0 aliphatic heterocycles. The van der Waals surface area contributed by atoms with Crippen molar-refractivity contribution in [3.63, 3.8) is 0 Å². The molecule has 3 rings (SSSR count). The molecule has 1 unspecified atom stereocenters. The topological polar surface area (TPSA) is 80.4 Å². The molecular formula is C20H20N2O4. The Balaban J connectivity index is 1.65. The van der Waals surface area contributed by atoms with E-state index < -0.39 is 18.0 Å². The lowest BCUT2D eigenvalue weighted by Crippen LogP contribution is -2.32. The second kappa shape index (κ2) is 8.20. The van der Waals surface area contributed by atoms with Gasteiger partial charge in [0.1, 0.15) is 12.5 Å². The van der Waals surface area contributed by atoms with Crippen molar-refractivity contribution in [3.05, 3.63) is 71.9 Å². The number of carbonyl (C=O) groups is 2. The highest BCUT2D eigenvalue weighted by Crippen LogP contribution is 2.26. The van der Waals surface area contributed by atoms with Crippen LogP contribution in [-0.4, -0.2) is 30.7 Å². The van der Waals surface area contributed by atoms with E-state index >= 15 is 0 Å². The van der Waals surface area contributed by atoms with Gasteiger partial charge in [-0.1, -0.05) is 48.5 Å². The lowest BCUT2D eigenvalue weighted by atomic mass is 9.98. The largest absolute Gasteiger partial charge is 0.468 e. The molecule has 0 spiro atoms. The highest BCUT2D eigenvalue weighted by atomic mass is 16.5. The van der Waals surface area contributed by atoms with Crippen LogP contribution in [0, 0.1) is 0 Å². The normalized spacial score (nSPS) is 11.7. The average Bonchev–Trinajstić information content (AvgIpc) is 3.11. The third-order valence-electron chi connectivity index (χ3n) is 4.15. The smallest absolute Gasteiger partial charge is 0.407 e. The van der Waals surface area contributed by atoms with Crippen molar-refractivity contribution in [1.82, 2.24) is 10.3 Å². The van der Waals surface area contributed by atoms with E-state index in [0.717, 1.165) is 22.0 Å². The Morgan fingerprint density at radius 2 is 1.81 bits per heavy atom. The fourth-order valence-corrected chi connectivity index (χ4v) is 2.80. The SMILES string of the molecule is COC(=O)C(CNC(=O)OCc1ccccc1)c1c[nH]c2ccccc12. The lowest BCUT2D eigenvalue weighted by Gasteiger charge is -2.15. The number of amides is 1. The molecule has 26 heavy (non-hydrogen) atoms. The van der Waals surface area contributed by atoms with Gasteiger partial charge in [-0.15, -0.1) is 0 Å². The van der Waals surface area contributed by atoms with Gasteiger partial charge >= 0.3 is 12.1 Å². The maximum Gasteiger partial charge on any atom is 0.407 e. The Morgan fingerprint density at radius 3 is 2.58 bits per heavy atom. The summed E-state index contributed by atoms with van der Waals surface area (Å²) in [4.78, 5) is 27.3. The number of rotatable bonds is 6. The monoisotopic (exact) mass is 352 g/mol. The first-order valence-electron chi connectivity index (χ1n) is 8.27. The number of para-hydroxylation sites is 1. The molecule has 0 aliphatic rings. The zero-order valence-electron chi connectivity index (χ0n) is 14.4. The quantitative estimate of drug-likeness (QED) is 0.667. The molecule has 0 bridgehead atoms. The van der Waals surface area contributed by atoms with Gasteiger partial charge in [0, 0.05) is 23.6 Å². The van der Waals surface area contributed by atoms with E-state index in [2.05, 4.69) is 10.3 Å². The van der Waals surface area contributed by atoms with Gasteiger partial charge < -0.3 is 19.8 Å². The number of methoxy groups -OCH3 is 1. The van der Waals surface area contributed by atoms with E-state index in [1.54, 1.807) is 6.20 Å². The van der Waals surface area contributed by atoms with E-state index in [1.807, 2.05) is 54.6 Å². The van der Waals surface area contributed by atoms with Crippen molar-refractivity contribution >= 4 is 23.0 Å². The maximum absolute atomic E-state index is 12.2. The maximum atomic E-state index is 12.2. The number of aromatic nitrogens is 1. The molecule has 1 amide bonds. The van der Waals surface area contributed by atoms with Crippen LogP contribution in [0.25, 0.3) is 10.9 Å². The number of alkyl carbamates (subject to hydrolysis) is 1. The number of fused-ring (bicyclic) bond motifs is 1. The predicted octanol–water partition coefficient (Wildman–Crippen LogP) is 3.35. The molecule has 0 fully saturated rings. The number of carbonyl (C=O) groups excluding carboxylic acids is 2. The fraction of sp³-hybridized carbons (Fsp3) is 0.200. The van der Waals surface area contributed by atoms with Crippen molar-refractivity contribution in [2.45, 2.75) is 12.5 Å². The third-order valence-corrected chi connectivity index (χ3v) is 4.15. The Kier molecular flexibility index (Phi) is 5.53. The van der Waals surface area contributed by atoms with Crippen LogP contribution in [0.5, 0.6) is 0 Å². The number of H-pyrrole nitrogens is 1. The lowest BCUT2D eigenvalue weighted by molar-refractivity contribution is -0.142. The molecule has 1 heterocycles. The molecule has 2 N–H and O–H groups in total. The van der Waals surface area contributed by atoms with Crippen LogP contribution in [0.1, 0.15) is 17.0 Å². The summed E-state index contributed by atoms with van der Waals surface area (Å²) >= 11 is 0. The summed E-state index contributed by atoms with van der Waals surface area (Å²) in [7, 11) is 1.33. The van der Waals surface area contributed by atoms with Gasteiger partial charge in [0.2, 0.25) is 0 Å². The van der Waals surface area contributed by atoms with Crippen LogP contribution in [0.4, 0.5) is 4.79 Å². The van der Waals surface area contributed by atoms with Crippen molar-refractivity contribution in [2.75, 3.05) is 13.7 Å². The number of nitrogens with one attached hydrogen (secondary N) is 2. The van der Waals surface area contributed by atoms with Crippen LogP contribution in [-0.2, 0) is 20.9 Å². The first kappa shape index (κ1) is 17.5. The molecule has 2 aromatic carbocycles. The van der Waals surface area contributed by atoms with Crippen LogP contribution < -0.4 is 5.32 Å². The number of benzene rings is 2. The standard InChI is InChI=1S/C20H20N2O4/c1-25-19(23)17(16-11-21-18-10-6-5-9-15(16)18)12-22-20(24)26-13-14-7-3-2-4-8-14/h2-11,17,21H,12-13H2,1H3,(H,22,24). The number of hydrogen-bond donors (Lipinski definition) is 2. The molecule has 6 heteroatoms. The summed E-state index contributed by atoms with van der Waals surface area (Å²) in [6.45, 7) is 0.255. The first-order chi connectivity index (χ1) is 12.7. The van der Waals surface area contributed by atoms with Gasteiger partial charge in [-0.05, 0) is 17.2 Å². The molecule has 1 aromatic heterocycles. The number of ether oxygens (including phenoxy) is 2. The van der Waals surface area contributed by atoms with Crippen LogP contribution in [0.15, 0.2) is 60.8 Å². The first-order valence-corrected chi connectivity index (χ1v) is 8.27.